The van der Waals surface area contributed by atoms with Gasteiger partial charge < -0.3 is 15.0 Å². The Morgan fingerprint density at radius 2 is 1.97 bits per heavy atom. The zero-order valence-electron chi connectivity index (χ0n) is 16.4. The number of Topliss-reactive ketones (excluding diaryl/α,β-unsaturated/α-hetero) is 1. The second-order valence-corrected chi connectivity index (χ2v) is 6.40. The van der Waals surface area contributed by atoms with Crippen molar-refractivity contribution in [2.24, 2.45) is 0 Å². The number of halogens is 3. The quantitative estimate of drug-likeness (QED) is 0.453. The number of alkyl halides is 3. The second-order valence-electron chi connectivity index (χ2n) is 6.40. The number of ether oxygens (including phenoxy) is 1. The first kappa shape index (κ1) is 21.8. The predicted octanol–water partition coefficient (Wildman–Crippen LogP) is 3.85. The zero-order valence-corrected chi connectivity index (χ0v) is 16.4. The van der Waals surface area contributed by atoms with Gasteiger partial charge in [0.25, 0.3) is 5.91 Å². The Balaban J connectivity index is 1.93. The number of anilines is 1. The van der Waals surface area contributed by atoms with E-state index in [0.29, 0.717) is 10.2 Å². The fraction of sp³-hybridized carbons (Fsp3) is 0.200. The van der Waals surface area contributed by atoms with Gasteiger partial charge in [0.1, 0.15) is 11.3 Å². The summed E-state index contributed by atoms with van der Waals surface area (Å²) in [5.74, 6) is -1.96. The molecule has 162 valence electrons. The summed E-state index contributed by atoms with van der Waals surface area (Å²) in [6.07, 6.45) is -2.72. The van der Waals surface area contributed by atoms with Gasteiger partial charge in [-0.25, -0.2) is 9.48 Å². The van der Waals surface area contributed by atoms with E-state index in [9.17, 15) is 27.6 Å². The van der Waals surface area contributed by atoms with Crippen LogP contribution < -0.4 is 5.32 Å². The van der Waals surface area contributed by atoms with Gasteiger partial charge in [0.2, 0.25) is 0 Å². The van der Waals surface area contributed by atoms with Gasteiger partial charge in [-0.2, -0.15) is 18.3 Å². The maximum absolute atomic E-state index is 13.7. The molecule has 0 aliphatic carbocycles. The number of H-pyrrole nitrogens is 1. The lowest BCUT2D eigenvalue weighted by Gasteiger charge is -2.13. The van der Waals surface area contributed by atoms with Crippen LogP contribution in [-0.4, -0.2) is 39.0 Å². The monoisotopic (exact) mass is 434 g/mol. The van der Waals surface area contributed by atoms with Gasteiger partial charge in [-0.1, -0.05) is 6.07 Å². The van der Waals surface area contributed by atoms with E-state index in [2.05, 4.69) is 20.1 Å². The number of hydrogen-bond donors (Lipinski definition) is 2. The topological polar surface area (TPSA) is 106 Å². The molecular formula is C20H17F3N4O4. The summed E-state index contributed by atoms with van der Waals surface area (Å²) < 4.78 is 46.2. The van der Waals surface area contributed by atoms with Crippen LogP contribution in [0.2, 0.25) is 0 Å². The molecule has 11 heteroatoms. The summed E-state index contributed by atoms with van der Waals surface area (Å²) in [5, 5.41) is 6.23. The van der Waals surface area contributed by atoms with Crippen molar-refractivity contribution in [3.8, 4) is 5.69 Å². The van der Waals surface area contributed by atoms with Crippen molar-refractivity contribution in [2.75, 3.05) is 11.9 Å². The maximum Gasteiger partial charge on any atom is 0.434 e. The van der Waals surface area contributed by atoms with E-state index in [1.165, 1.54) is 50.4 Å². The van der Waals surface area contributed by atoms with Gasteiger partial charge in [0.05, 0.1) is 18.5 Å². The van der Waals surface area contributed by atoms with Gasteiger partial charge >= 0.3 is 12.1 Å². The molecule has 0 fully saturated rings. The molecule has 0 aliphatic heterocycles. The highest BCUT2D eigenvalue weighted by Crippen LogP contribution is 2.34. The number of nitrogens with one attached hydrogen (secondary N) is 2. The molecule has 2 heterocycles. The molecule has 0 spiro atoms. The van der Waals surface area contributed by atoms with Crippen LogP contribution in [0.15, 0.2) is 42.7 Å². The Bertz CT molecular complexity index is 1150. The number of benzene rings is 1. The highest BCUT2D eigenvalue weighted by molar-refractivity contribution is 6.05. The number of nitrogens with zero attached hydrogens (tertiary/aromatic N) is 2. The summed E-state index contributed by atoms with van der Waals surface area (Å²) in [6, 6.07) is 6.87. The Morgan fingerprint density at radius 1 is 1.23 bits per heavy atom. The first-order valence-electron chi connectivity index (χ1n) is 9.05. The minimum atomic E-state index is -4.88. The van der Waals surface area contributed by atoms with Crippen LogP contribution >= 0.6 is 0 Å². The molecule has 2 N–H and O–H groups in total. The lowest BCUT2D eigenvalue weighted by atomic mass is 10.2. The van der Waals surface area contributed by atoms with E-state index in [4.69, 9.17) is 0 Å². The summed E-state index contributed by atoms with van der Waals surface area (Å²) in [6.45, 7) is 2.74. The third-order valence-corrected chi connectivity index (χ3v) is 4.22. The van der Waals surface area contributed by atoms with E-state index in [0.717, 1.165) is 6.20 Å². The summed E-state index contributed by atoms with van der Waals surface area (Å²) in [5.41, 5.74) is -1.43. The molecule has 8 nitrogen and oxygen atoms in total. The second kappa shape index (κ2) is 8.46. The molecule has 2 aromatic heterocycles. The lowest BCUT2D eigenvalue weighted by molar-refractivity contribution is -0.143. The zero-order chi connectivity index (χ0) is 22.8. The maximum atomic E-state index is 13.7. The molecule has 0 radical (unpaired) electrons. The smallest absolute Gasteiger partial charge is 0.434 e. The molecule has 0 aliphatic rings. The normalized spacial score (nSPS) is 11.3. The number of rotatable bonds is 6. The van der Waals surface area contributed by atoms with Crippen molar-refractivity contribution in [1.29, 1.82) is 0 Å². The first-order valence-corrected chi connectivity index (χ1v) is 9.05. The van der Waals surface area contributed by atoms with Crippen molar-refractivity contribution in [3.05, 3.63) is 65.2 Å². The Kier molecular flexibility index (Phi) is 5.95. The highest BCUT2D eigenvalue weighted by atomic mass is 19.4. The number of amides is 1. The number of aromatic nitrogens is 3. The summed E-state index contributed by atoms with van der Waals surface area (Å²) >= 11 is 0. The minimum Gasteiger partial charge on any atom is -0.462 e. The van der Waals surface area contributed by atoms with Crippen molar-refractivity contribution >= 4 is 23.3 Å². The number of ketones is 1. The van der Waals surface area contributed by atoms with Gasteiger partial charge in [0.15, 0.2) is 11.5 Å². The average Bonchev–Trinajstić information content (AvgIpc) is 3.36. The predicted molar refractivity (Wildman–Crippen MR) is 103 cm³/mol. The number of hydrogen-bond acceptors (Lipinski definition) is 5. The van der Waals surface area contributed by atoms with Gasteiger partial charge in [-0.05, 0) is 38.1 Å². The average molecular weight is 434 g/mol. The summed E-state index contributed by atoms with van der Waals surface area (Å²) in [4.78, 5) is 38.3. The molecular weight excluding hydrogens is 417 g/mol. The number of carbonyl (C=O) groups excluding carboxylic acids is 3. The SMILES string of the molecule is CCOC(=O)c1cnn(-c2cccc(NC(=O)c3cc(C(C)=O)c[nH]3)c2)c1C(F)(F)F. The van der Waals surface area contributed by atoms with Crippen LogP contribution in [0.3, 0.4) is 0 Å². The molecule has 3 aromatic rings. The van der Waals surface area contributed by atoms with Crippen LogP contribution in [0.5, 0.6) is 0 Å². The standard InChI is InChI=1S/C20H17F3N4O4/c1-3-31-19(30)15-10-25-27(17(15)20(21,22)23)14-6-4-5-13(8-14)26-18(29)16-7-12(9-24-16)11(2)28/h4-10,24H,3H2,1-2H3,(H,26,29). The van der Waals surface area contributed by atoms with Crippen LogP contribution in [0, 0.1) is 0 Å². The van der Waals surface area contributed by atoms with E-state index < -0.39 is 29.3 Å². The Morgan fingerprint density at radius 3 is 2.58 bits per heavy atom. The third kappa shape index (κ3) is 4.65. The molecule has 0 saturated carbocycles. The van der Waals surface area contributed by atoms with Crippen LogP contribution in [0.25, 0.3) is 5.69 Å². The van der Waals surface area contributed by atoms with Gasteiger partial charge in [-0.15, -0.1) is 0 Å². The fourth-order valence-corrected chi connectivity index (χ4v) is 2.82. The van der Waals surface area contributed by atoms with E-state index >= 15 is 0 Å². The molecule has 1 amide bonds. The largest absolute Gasteiger partial charge is 0.462 e. The van der Waals surface area contributed by atoms with Gasteiger partial charge in [-0.3, -0.25) is 9.59 Å². The highest BCUT2D eigenvalue weighted by Gasteiger charge is 2.41. The van der Waals surface area contributed by atoms with Crippen LogP contribution in [0.1, 0.15) is 50.7 Å². The number of aromatic amines is 1. The van der Waals surface area contributed by atoms with Crippen LogP contribution in [0.4, 0.5) is 18.9 Å². The lowest BCUT2D eigenvalue weighted by Crippen LogP contribution is -2.18. The number of esters is 1. The van der Waals surface area contributed by atoms with E-state index in [1.54, 1.807) is 0 Å². The van der Waals surface area contributed by atoms with Crippen molar-refractivity contribution < 1.29 is 32.3 Å². The van der Waals surface area contributed by atoms with Crippen molar-refractivity contribution in [3.63, 3.8) is 0 Å². The molecule has 1 aromatic carbocycles. The first-order chi connectivity index (χ1) is 14.6. The van der Waals surface area contributed by atoms with Crippen molar-refractivity contribution in [1.82, 2.24) is 14.8 Å². The van der Waals surface area contributed by atoms with Crippen LogP contribution in [-0.2, 0) is 10.9 Å². The van der Waals surface area contributed by atoms with E-state index in [-0.39, 0.29) is 29.5 Å². The Labute approximate surface area is 174 Å². The molecule has 0 saturated heterocycles. The molecule has 0 unspecified atom stereocenters. The molecule has 0 atom stereocenters. The van der Waals surface area contributed by atoms with E-state index in [1.807, 2.05) is 0 Å². The molecule has 31 heavy (non-hydrogen) atoms. The fourth-order valence-electron chi connectivity index (χ4n) is 2.82. The molecule has 0 bridgehead atoms. The molecule has 3 rings (SSSR count). The summed E-state index contributed by atoms with van der Waals surface area (Å²) in [7, 11) is 0. The third-order valence-electron chi connectivity index (χ3n) is 4.22. The minimum absolute atomic E-state index is 0.0309. The Hall–Kier alpha value is -3.89. The number of carbonyl (C=O) groups is 3. The van der Waals surface area contributed by atoms with Crippen molar-refractivity contribution in [2.45, 2.75) is 20.0 Å². The van der Waals surface area contributed by atoms with Gasteiger partial charge in [0, 0.05) is 17.4 Å².